The van der Waals surface area contributed by atoms with Crippen molar-refractivity contribution in [2.75, 3.05) is 6.61 Å². The average molecular weight is 312 g/mol. The molecule has 3 nitrogen and oxygen atoms in total. The van der Waals surface area contributed by atoms with Crippen LogP contribution in [0.3, 0.4) is 0 Å². The number of carbonyl (C=O) groups is 1. The van der Waals surface area contributed by atoms with Gasteiger partial charge < -0.3 is 9.47 Å². The summed E-state index contributed by atoms with van der Waals surface area (Å²) in [4.78, 5) is 12.2. The fourth-order valence-electron chi connectivity index (χ4n) is 2.10. The van der Waals surface area contributed by atoms with Gasteiger partial charge in [-0.05, 0) is 53.8 Å². The van der Waals surface area contributed by atoms with Gasteiger partial charge in [-0.3, -0.25) is 0 Å². The third-order valence-corrected chi connectivity index (χ3v) is 3.49. The van der Waals surface area contributed by atoms with E-state index in [1.54, 1.807) is 24.3 Å². The van der Waals surface area contributed by atoms with E-state index in [-0.39, 0.29) is 11.4 Å². The van der Waals surface area contributed by atoms with Crippen LogP contribution in [0.4, 0.5) is 0 Å². The van der Waals surface area contributed by atoms with Crippen LogP contribution in [0, 0.1) is 0 Å². The number of rotatable bonds is 5. The molecule has 3 heteroatoms. The zero-order valence-corrected chi connectivity index (χ0v) is 14.3. The van der Waals surface area contributed by atoms with Crippen LogP contribution in [-0.4, -0.2) is 12.6 Å². The van der Waals surface area contributed by atoms with Crippen LogP contribution in [0.15, 0.2) is 48.5 Å². The molecule has 2 aromatic carbocycles. The van der Waals surface area contributed by atoms with Gasteiger partial charge >= 0.3 is 5.97 Å². The first-order valence-electron chi connectivity index (χ1n) is 7.96. The molecule has 0 N–H and O–H groups in total. The topological polar surface area (TPSA) is 35.5 Å². The zero-order chi connectivity index (χ0) is 16.9. The van der Waals surface area contributed by atoms with E-state index in [1.807, 2.05) is 24.3 Å². The Morgan fingerprint density at radius 2 is 1.48 bits per heavy atom. The van der Waals surface area contributed by atoms with Gasteiger partial charge in [0.15, 0.2) is 0 Å². The van der Waals surface area contributed by atoms with Crippen LogP contribution in [0.25, 0.3) is 0 Å². The van der Waals surface area contributed by atoms with Gasteiger partial charge in [0.25, 0.3) is 0 Å². The molecule has 0 aliphatic rings. The standard InChI is InChI=1S/C20H24O3/c1-5-14-22-17-10-6-15(7-11-17)19(21)23-18-12-8-16(9-13-18)20(2,3)4/h6-13H,5,14H2,1-4H3. The minimum atomic E-state index is -0.365. The van der Waals surface area contributed by atoms with Gasteiger partial charge in [-0.2, -0.15) is 0 Å². The van der Waals surface area contributed by atoms with Gasteiger partial charge in [-0.15, -0.1) is 0 Å². The zero-order valence-electron chi connectivity index (χ0n) is 14.3. The summed E-state index contributed by atoms with van der Waals surface area (Å²) in [6, 6.07) is 14.7. The molecule has 0 heterocycles. The van der Waals surface area contributed by atoms with E-state index in [0.717, 1.165) is 12.2 Å². The van der Waals surface area contributed by atoms with E-state index in [0.29, 0.717) is 17.9 Å². The summed E-state index contributed by atoms with van der Waals surface area (Å²) >= 11 is 0. The van der Waals surface area contributed by atoms with Crippen molar-refractivity contribution in [2.24, 2.45) is 0 Å². The van der Waals surface area contributed by atoms with Crippen molar-refractivity contribution in [3.05, 3.63) is 59.7 Å². The lowest BCUT2D eigenvalue weighted by Crippen LogP contribution is -2.11. The second-order valence-electron chi connectivity index (χ2n) is 6.54. The van der Waals surface area contributed by atoms with Gasteiger partial charge in [0.2, 0.25) is 0 Å². The van der Waals surface area contributed by atoms with Crippen molar-refractivity contribution >= 4 is 5.97 Å². The number of ether oxygens (including phenoxy) is 2. The molecule has 0 aliphatic heterocycles. The van der Waals surface area contributed by atoms with E-state index in [2.05, 4.69) is 27.7 Å². The molecule has 0 aromatic heterocycles. The Bertz CT molecular complexity index is 634. The molecular weight excluding hydrogens is 288 g/mol. The largest absolute Gasteiger partial charge is 0.494 e. The third-order valence-electron chi connectivity index (χ3n) is 3.49. The lowest BCUT2D eigenvalue weighted by atomic mass is 9.87. The van der Waals surface area contributed by atoms with Crippen LogP contribution < -0.4 is 9.47 Å². The number of esters is 1. The Hall–Kier alpha value is -2.29. The molecule has 0 bridgehead atoms. The molecule has 0 saturated heterocycles. The molecule has 0 radical (unpaired) electrons. The van der Waals surface area contributed by atoms with Crippen molar-refractivity contribution in [1.29, 1.82) is 0 Å². The summed E-state index contributed by atoms with van der Waals surface area (Å²) in [7, 11) is 0. The fourth-order valence-corrected chi connectivity index (χ4v) is 2.10. The maximum atomic E-state index is 12.2. The van der Waals surface area contributed by atoms with Gasteiger partial charge in [0.1, 0.15) is 11.5 Å². The third kappa shape index (κ3) is 4.85. The molecule has 0 amide bonds. The molecular formula is C20H24O3. The van der Waals surface area contributed by atoms with Crippen LogP contribution in [-0.2, 0) is 5.41 Å². The SMILES string of the molecule is CCCOc1ccc(C(=O)Oc2ccc(C(C)(C)C)cc2)cc1. The second kappa shape index (κ2) is 7.32. The van der Waals surface area contributed by atoms with Gasteiger partial charge in [-0.25, -0.2) is 4.79 Å². The molecule has 0 unspecified atom stereocenters. The summed E-state index contributed by atoms with van der Waals surface area (Å²) in [5, 5.41) is 0. The number of carbonyl (C=O) groups excluding carboxylic acids is 1. The van der Waals surface area contributed by atoms with E-state index in [1.165, 1.54) is 5.56 Å². The van der Waals surface area contributed by atoms with Crippen LogP contribution in [0.2, 0.25) is 0 Å². The number of hydrogen-bond acceptors (Lipinski definition) is 3. The van der Waals surface area contributed by atoms with Crippen LogP contribution in [0.1, 0.15) is 50.0 Å². The average Bonchev–Trinajstić information content (AvgIpc) is 2.53. The normalized spacial score (nSPS) is 11.1. The van der Waals surface area contributed by atoms with Gasteiger partial charge in [0, 0.05) is 0 Å². The van der Waals surface area contributed by atoms with Crippen LogP contribution >= 0.6 is 0 Å². The summed E-state index contributed by atoms with van der Waals surface area (Å²) in [6.45, 7) is 9.17. The second-order valence-corrected chi connectivity index (χ2v) is 6.54. The molecule has 0 fully saturated rings. The molecule has 2 aromatic rings. The summed E-state index contributed by atoms with van der Waals surface area (Å²) in [5.41, 5.74) is 1.79. The highest BCUT2D eigenvalue weighted by Gasteiger charge is 2.14. The predicted molar refractivity (Wildman–Crippen MR) is 92.3 cm³/mol. The summed E-state index contributed by atoms with van der Waals surface area (Å²) in [6.07, 6.45) is 0.953. The Labute approximate surface area is 138 Å². The highest BCUT2D eigenvalue weighted by molar-refractivity contribution is 5.91. The molecule has 122 valence electrons. The fraction of sp³-hybridized carbons (Fsp3) is 0.350. The van der Waals surface area contributed by atoms with Crippen molar-refractivity contribution < 1.29 is 14.3 Å². The van der Waals surface area contributed by atoms with E-state index >= 15 is 0 Å². The minimum absolute atomic E-state index is 0.0802. The van der Waals surface area contributed by atoms with Crippen molar-refractivity contribution in [3.8, 4) is 11.5 Å². The molecule has 0 atom stereocenters. The summed E-state index contributed by atoms with van der Waals surface area (Å²) in [5.74, 6) is 0.947. The van der Waals surface area contributed by atoms with Crippen molar-refractivity contribution in [2.45, 2.75) is 39.5 Å². The van der Waals surface area contributed by atoms with E-state index < -0.39 is 0 Å². The summed E-state index contributed by atoms with van der Waals surface area (Å²) < 4.78 is 10.9. The maximum absolute atomic E-state index is 12.2. The highest BCUT2D eigenvalue weighted by atomic mass is 16.5. The number of benzene rings is 2. The van der Waals surface area contributed by atoms with E-state index in [9.17, 15) is 4.79 Å². The minimum Gasteiger partial charge on any atom is -0.494 e. The lowest BCUT2D eigenvalue weighted by molar-refractivity contribution is 0.0734. The van der Waals surface area contributed by atoms with Crippen molar-refractivity contribution in [3.63, 3.8) is 0 Å². The highest BCUT2D eigenvalue weighted by Crippen LogP contribution is 2.24. The molecule has 2 rings (SSSR count). The Kier molecular flexibility index (Phi) is 5.43. The van der Waals surface area contributed by atoms with Gasteiger partial charge in [-0.1, -0.05) is 39.8 Å². The smallest absolute Gasteiger partial charge is 0.343 e. The predicted octanol–water partition coefficient (Wildman–Crippen LogP) is 4.99. The first kappa shape index (κ1) is 17.1. The Morgan fingerprint density at radius 1 is 0.913 bits per heavy atom. The first-order valence-corrected chi connectivity index (χ1v) is 7.96. The van der Waals surface area contributed by atoms with Crippen LogP contribution in [0.5, 0.6) is 11.5 Å². The number of hydrogen-bond donors (Lipinski definition) is 0. The molecule has 0 aliphatic carbocycles. The van der Waals surface area contributed by atoms with E-state index in [4.69, 9.17) is 9.47 Å². The molecule has 0 spiro atoms. The molecule has 0 saturated carbocycles. The first-order chi connectivity index (χ1) is 10.9. The Morgan fingerprint density at radius 3 is 2.00 bits per heavy atom. The lowest BCUT2D eigenvalue weighted by Gasteiger charge is -2.19. The van der Waals surface area contributed by atoms with Crippen molar-refractivity contribution in [1.82, 2.24) is 0 Å². The monoisotopic (exact) mass is 312 g/mol. The molecule has 23 heavy (non-hydrogen) atoms. The Balaban J connectivity index is 2.01. The maximum Gasteiger partial charge on any atom is 0.343 e. The van der Waals surface area contributed by atoms with Gasteiger partial charge in [0.05, 0.1) is 12.2 Å². The quantitative estimate of drug-likeness (QED) is 0.576.